The second-order valence-electron chi connectivity index (χ2n) is 5.13. The van der Waals surface area contributed by atoms with E-state index in [1.54, 1.807) is 29.1 Å². The molecule has 1 heterocycles. The lowest BCUT2D eigenvalue weighted by Crippen LogP contribution is -2.28. The van der Waals surface area contributed by atoms with Crippen LogP contribution in [0.5, 0.6) is 5.75 Å². The summed E-state index contributed by atoms with van der Waals surface area (Å²) in [6, 6.07) is 4.66. The number of benzene rings is 1. The molecule has 0 aliphatic carbocycles. The average molecular weight is 338 g/mol. The number of hydrogen-bond donors (Lipinski definition) is 2. The fraction of sp³-hybridized carbons (Fsp3) is 0.400. The minimum absolute atomic E-state index is 0.240. The Hall–Kier alpha value is -2.12. The summed E-state index contributed by atoms with van der Waals surface area (Å²) in [5, 5.41) is 11.0. The first-order valence-electron chi connectivity index (χ1n) is 7.30. The van der Waals surface area contributed by atoms with Crippen molar-refractivity contribution in [1.82, 2.24) is 20.1 Å². The molecule has 3 N–H and O–H groups in total. The molecule has 8 heteroatoms. The summed E-state index contributed by atoms with van der Waals surface area (Å²) >= 11 is 6.15. The highest BCUT2D eigenvalue weighted by atomic mass is 35.5. The third-order valence-electron chi connectivity index (χ3n) is 3.28. The van der Waals surface area contributed by atoms with E-state index in [9.17, 15) is 4.79 Å². The van der Waals surface area contributed by atoms with Gasteiger partial charge in [0.1, 0.15) is 12.1 Å². The van der Waals surface area contributed by atoms with Crippen molar-refractivity contribution in [1.29, 1.82) is 0 Å². The monoisotopic (exact) mass is 337 g/mol. The summed E-state index contributed by atoms with van der Waals surface area (Å²) in [7, 11) is 1.82. The van der Waals surface area contributed by atoms with Gasteiger partial charge in [0.25, 0.3) is 5.91 Å². The lowest BCUT2D eigenvalue weighted by molar-refractivity contribution is 0.0937. The van der Waals surface area contributed by atoms with E-state index in [1.165, 1.54) is 0 Å². The predicted molar refractivity (Wildman–Crippen MR) is 87.5 cm³/mol. The lowest BCUT2D eigenvalue weighted by Gasteiger charge is -2.14. The number of carbonyl (C=O) groups is 1. The third-order valence-corrected chi connectivity index (χ3v) is 3.58. The van der Waals surface area contributed by atoms with Gasteiger partial charge in [0.2, 0.25) is 0 Å². The number of nitrogens with one attached hydrogen (secondary N) is 1. The van der Waals surface area contributed by atoms with Crippen molar-refractivity contribution in [3.63, 3.8) is 0 Å². The Kier molecular flexibility index (Phi) is 5.95. The lowest BCUT2D eigenvalue weighted by atomic mass is 10.2. The number of nitrogens with zero attached hydrogens (tertiary/aromatic N) is 3. The summed E-state index contributed by atoms with van der Waals surface area (Å²) in [6.45, 7) is 2.89. The number of aromatic nitrogens is 3. The quantitative estimate of drug-likeness (QED) is 0.750. The minimum atomic E-state index is -0.269. The number of hydrogen-bond acceptors (Lipinski definition) is 5. The third kappa shape index (κ3) is 4.43. The number of halogens is 1. The number of rotatable bonds is 7. The van der Waals surface area contributed by atoms with E-state index in [2.05, 4.69) is 15.5 Å². The van der Waals surface area contributed by atoms with Crippen LogP contribution in [0.15, 0.2) is 24.5 Å². The Bertz CT molecular complexity index is 674. The van der Waals surface area contributed by atoms with Gasteiger partial charge >= 0.3 is 0 Å². The Morgan fingerprint density at radius 1 is 1.52 bits per heavy atom. The molecule has 0 aliphatic heterocycles. The SMILES string of the molecule is C[C@H](NC(=O)c1ccc(OCCCN)c(Cl)c1)c1nncn1C. The van der Waals surface area contributed by atoms with E-state index in [4.69, 9.17) is 22.1 Å². The van der Waals surface area contributed by atoms with E-state index in [1.807, 2.05) is 14.0 Å². The first kappa shape index (κ1) is 17.2. The van der Waals surface area contributed by atoms with E-state index < -0.39 is 0 Å². The second kappa shape index (κ2) is 7.94. The molecule has 1 atom stereocenters. The summed E-state index contributed by atoms with van der Waals surface area (Å²) in [5.74, 6) is 0.972. The highest BCUT2D eigenvalue weighted by molar-refractivity contribution is 6.32. The number of aryl methyl sites for hydroxylation is 1. The molecule has 0 spiro atoms. The predicted octanol–water partition coefficient (Wildman–Crippen LogP) is 1.69. The molecule has 1 aromatic heterocycles. The van der Waals surface area contributed by atoms with Crippen molar-refractivity contribution < 1.29 is 9.53 Å². The normalized spacial score (nSPS) is 12.0. The standard InChI is InChI=1S/C15H20ClN5O2/c1-10(14-20-18-9-21(14)2)19-15(22)11-4-5-13(12(16)8-11)23-7-3-6-17/h4-5,8-10H,3,6-7,17H2,1-2H3,(H,19,22)/t10-/m0/s1. The molecule has 0 radical (unpaired) electrons. The molecule has 0 saturated carbocycles. The fourth-order valence-corrected chi connectivity index (χ4v) is 2.29. The molecule has 0 aliphatic rings. The van der Waals surface area contributed by atoms with Gasteiger partial charge in [-0.1, -0.05) is 11.6 Å². The van der Waals surface area contributed by atoms with Crippen LogP contribution in [0.3, 0.4) is 0 Å². The van der Waals surface area contributed by atoms with E-state index in [0.29, 0.717) is 35.3 Å². The number of ether oxygens (including phenoxy) is 1. The molecular weight excluding hydrogens is 318 g/mol. The molecule has 1 amide bonds. The summed E-state index contributed by atoms with van der Waals surface area (Å²) in [6.07, 6.45) is 2.33. The first-order valence-corrected chi connectivity index (χ1v) is 7.68. The van der Waals surface area contributed by atoms with Crippen LogP contribution in [-0.2, 0) is 7.05 Å². The van der Waals surface area contributed by atoms with Crippen molar-refractivity contribution in [2.24, 2.45) is 12.8 Å². The van der Waals surface area contributed by atoms with Crippen molar-refractivity contribution in [2.75, 3.05) is 13.2 Å². The molecule has 0 bridgehead atoms. The van der Waals surface area contributed by atoms with Crippen molar-refractivity contribution in [3.8, 4) is 5.75 Å². The zero-order valence-corrected chi connectivity index (χ0v) is 13.9. The highest BCUT2D eigenvalue weighted by Gasteiger charge is 2.16. The Morgan fingerprint density at radius 2 is 2.30 bits per heavy atom. The summed E-state index contributed by atoms with van der Waals surface area (Å²) < 4.78 is 7.26. The van der Waals surface area contributed by atoms with Crippen LogP contribution in [0, 0.1) is 0 Å². The average Bonchev–Trinajstić information content (AvgIpc) is 2.95. The number of carbonyl (C=O) groups excluding carboxylic acids is 1. The summed E-state index contributed by atoms with van der Waals surface area (Å²) in [4.78, 5) is 12.3. The molecule has 2 aromatic rings. The van der Waals surface area contributed by atoms with Crippen LogP contribution < -0.4 is 15.8 Å². The Morgan fingerprint density at radius 3 is 2.91 bits per heavy atom. The molecule has 0 saturated heterocycles. The second-order valence-corrected chi connectivity index (χ2v) is 5.54. The fourth-order valence-electron chi connectivity index (χ4n) is 2.05. The maximum atomic E-state index is 12.3. The number of amides is 1. The van der Waals surface area contributed by atoms with Gasteiger partial charge in [-0.2, -0.15) is 0 Å². The molecule has 124 valence electrons. The molecule has 1 aromatic carbocycles. The summed E-state index contributed by atoms with van der Waals surface area (Å²) in [5.41, 5.74) is 5.87. The maximum absolute atomic E-state index is 12.3. The van der Waals surface area contributed by atoms with Crippen LogP contribution >= 0.6 is 11.6 Å². The minimum Gasteiger partial charge on any atom is -0.492 e. The van der Waals surface area contributed by atoms with Gasteiger partial charge in [-0.3, -0.25) is 4.79 Å². The molecule has 2 rings (SSSR count). The zero-order valence-electron chi connectivity index (χ0n) is 13.1. The number of nitrogens with two attached hydrogens (primary N) is 1. The van der Waals surface area contributed by atoms with E-state index >= 15 is 0 Å². The van der Waals surface area contributed by atoms with E-state index in [0.717, 1.165) is 6.42 Å². The van der Waals surface area contributed by atoms with Gasteiger partial charge in [0.05, 0.1) is 17.7 Å². The van der Waals surface area contributed by atoms with E-state index in [-0.39, 0.29) is 11.9 Å². The largest absolute Gasteiger partial charge is 0.492 e. The van der Waals surface area contributed by atoms with Crippen molar-refractivity contribution >= 4 is 17.5 Å². The van der Waals surface area contributed by atoms with Crippen LogP contribution in [0.4, 0.5) is 0 Å². The molecule has 0 fully saturated rings. The zero-order chi connectivity index (χ0) is 16.8. The first-order chi connectivity index (χ1) is 11.0. The molecule has 0 unspecified atom stereocenters. The van der Waals surface area contributed by atoms with Crippen LogP contribution in [0.2, 0.25) is 5.02 Å². The van der Waals surface area contributed by atoms with Crippen molar-refractivity contribution in [3.05, 3.63) is 40.9 Å². The van der Waals surface area contributed by atoms with Crippen LogP contribution in [-0.4, -0.2) is 33.8 Å². The molecule has 23 heavy (non-hydrogen) atoms. The Balaban J connectivity index is 2.02. The maximum Gasteiger partial charge on any atom is 0.251 e. The topological polar surface area (TPSA) is 95.1 Å². The van der Waals surface area contributed by atoms with Gasteiger partial charge in [-0.05, 0) is 38.1 Å². The van der Waals surface area contributed by atoms with Crippen LogP contribution in [0.25, 0.3) is 0 Å². The smallest absolute Gasteiger partial charge is 0.251 e. The molecule has 7 nitrogen and oxygen atoms in total. The van der Waals surface area contributed by atoms with Gasteiger partial charge in [0, 0.05) is 12.6 Å². The molecular formula is C15H20ClN5O2. The van der Waals surface area contributed by atoms with Crippen LogP contribution in [0.1, 0.15) is 35.6 Å². The van der Waals surface area contributed by atoms with Gasteiger partial charge in [-0.25, -0.2) is 0 Å². The van der Waals surface area contributed by atoms with Gasteiger partial charge < -0.3 is 20.4 Å². The Labute approximate surface area is 139 Å². The highest BCUT2D eigenvalue weighted by Crippen LogP contribution is 2.25. The van der Waals surface area contributed by atoms with Gasteiger partial charge in [-0.15, -0.1) is 10.2 Å². The van der Waals surface area contributed by atoms with Crippen molar-refractivity contribution in [2.45, 2.75) is 19.4 Å². The van der Waals surface area contributed by atoms with Gasteiger partial charge in [0.15, 0.2) is 5.82 Å².